The number of hydrogen-bond donors (Lipinski definition) is 3. The average molecular weight is 603 g/mol. The van der Waals surface area contributed by atoms with E-state index in [0.29, 0.717) is 11.4 Å². The SMILES string of the molecule is CC[C@H](C)[C@H](N)C(=O)N(C)[C@H](C[C@@H](OC(C)=O)c1nc(C(=O)N[C@@H](Cc2ccccc2)C[C@H](C)C(=O)O)cs1)C(C)C. The standard InChI is InChI=1S/C31H46N4O6S/c1-8-19(4)27(32)30(38)35(7)25(18(2)3)16-26(41-21(6)36)29-34-24(17-42-29)28(37)33-23(14-20(5)31(39)40)15-22-12-10-9-11-13-22/h9-13,17-20,23,25-27H,8,14-16,32H2,1-7H3,(H,33,37)(H,39,40)/t19-,20-,23+,25+,26+,27-/m0/s1. The summed E-state index contributed by atoms with van der Waals surface area (Å²) in [7, 11) is 1.71. The fourth-order valence-corrected chi connectivity index (χ4v) is 5.65. The van der Waals surface area contributed by atoms with Crippen molar-refractivity contribution >= 4 is 35.1 Å². The molecule has 0 aliphatic rings. The number of nitrogens with zero attached hydrogens (tertiary/aromatic N) is 2. The first kappa shape index (κ1) is 34.9. The van der Waals surface area contributed by atoms with Crippen molar-refractivity contribution in [3.05, 3.63) is 52.0 Å². The summed E-state index contributed by atoms with van der Waals surface area (Å²) < 4.78 is 5.65. The van der Waals surface area contributed by atoms with E-state index in [1.807, 2.05) is 58.0 Å². The van der Waals surface area contributed by atoms with Crippen molar-refractivity contribution in [1.82, 2.24) is 15.2 Å². The van der Waals surface area contributed by atoms with Crippen LogP contribution in [0, 0.1) is 17.8 Å². The van der Waals surface area contributed by atoms with Crippen LogP contribution in [-0.4, -0.2) is 63.9 Å². The lowest BCUT2D eigenvalue weighted by Gasteiger charge is -2.35. The Kier molecular flexibility index (Phi) is 13.6. The second-order valence-electron chi connectivity index (χ2n) is 11.4. The summed E-state index contributed by atoms with van der Waals surface area (Å²) in [5.41, 5.74) is 7.36. The van der Waals surface area contributed by atoms with E-state index in [4.69, 9.17) is 10.5 Å². The van der Waals surface area contributed by atoms with Gasteiger partial charge in [-0.1, -0.05) is 71.4 Å². The highest BCUT2D eigenvalue weighted by molar-refractivity contribution is 7.09. The van der Waals surface area contributed by atoms with E-state index in [1.54, 1.807) is 24.3 Å². The Labute approximate surface area is 253 Å². The zero-order valence-corrected chi connectivity index (χ0v) is 26.5. The predicted molar refractivity (Wildman–Crippen MR) is 163 cm³/mol. The van der Waals surface area contributed by atoms with E-state index in [9.17, 15) is 24.3 Å². The lowest BCUT2D eigenvalue weighted by atomic mass is 9.93. The van der Waals surface area contributed by atoms with Gasteiger partial charge in [-0.25, -0.2) is 4.98 Å². The molecule has 0 saturated heterocycles. The van der Waals surface area contributed by atoms with Crippen LogP contribution in [-0.2, 0) is 25.5 Å². The number of ether oxygens (including phenoxy) is 1. The first-order valence-electron chi connectivity index (χ1n) is 14.5. The minimum Gasteiger partial charge on any atom is -0.481 e. The Balaban J connectivity index is 2.26. The number of esters is 1. The first-order chi connectivity index (χ1) is 19.7. The normalized spacial score (nSPS) is 15.6. The van der Waals surface area contributed by atoms with E-state index in [2.05, 4.69) is 10.3 Å². The number of nitrogens with one attached hydrogen (secondary N) is 1. The molecule has 4 N–H and O–H groups in total. The highest BCUT2D eigenvalue weighted by atomic mass is 32.1. The molecule has 0 aliphatic carbocycles. The summed E-state index contributed by atoms with van der Waals surface area (Å²) in [6.07, 6.45) is 0.997. The number of carboxylic acid groups (broad SMARTS) is 1. The number of thiazole rings is 1. The van der Waals surface area contributed by atoms with Crippen molar-refractivity contribution in [3.63, 3.8) is 0 Å². The van der Waals surface area contributed by atoms with E-state index >= 15 is 0 Å². The van der Waals surface area contributed by atoms with Crippen LogP contribution >= 0.6 is 11.3 Å². The maximum Gasteiger partial charge on any atom is 0.306 e. The molecule has 10 nitrogen and oxygen atoms in total. The van der Waals surface area contributed by atoms with E-state index in [0.717, 1.165) is 12.0 Å². The van der Waals surface area contributed by atoms with Gasteiger partial charge in [0.2, 0.25) is 5.91 Å². The molecule has 6 atom stereocenters. The van der Waals surface area contributed by atoms with Crippen LogP contribution in [0.3, 0.4) is 0 Å². The number of likely N-dealkylation sites (N-methyl/N-ethyl adjacent to an activating group) is 1. The molecule has 232 valence electrons. The number of nitrogens with two attached hydrogens (primary N) is 1. The number of carbonyl (C=O) groups is 4. The summed E-state index contributed by atoms with van der Waals surface area (Å²) >= 11 is 1.20. The second kappa shape index (κ2) is 16.4. The number of aromatic nitrogens is 1. The maximum atomic E-state index is 13.3. The molecule has 2 rings (SSSR count). The molecule has 1 aromatic carbocycles. The highest BCUT2D eigenvalue weighted by Gasteiger charge is 2.33. The van der Waals surface area contributed by atoms with Crippen LogP contribution in [0.1, 0.15) is 88.0 Å². The van der Waals surface area contributed by atoms with E-state index in [1.165, 1.54) is 18.3 Å². The molecule has 0 aliphatic heterocycles. The van der Waals surface area contributed by atoms with Crippen LogP contribution in [0.5, 0.6) is 0 Å². The smallest absolute Gasteiger partial charge is 0.306 e. The fourth-order valence-electron chi connectivity index (χ4n) is 4.81. The zero-order chi connectivity index (χ0) is 31.6. The summed E-state index contributed by atoms with van der Waals surface area (Å²) in [6.45, 7) is 10.8. The van der Waals surface area contributed by atoms with Crippen molar-refractivity contribution in [2.45, 2.75) is 91.5 Å². The molecule has 11 heteroatoms. The van der Waals surface area contributed by atoms with Crippen LogP contribution in [0.25, 0.3) is 0 Å². The summed E-state index contributed by atoms with van der Waals surface area (Å²) in [5, 5.41) is 14.4. The minimum atomic E-state index is -0.934. The molecule has 0 radical (unpaired) electrons. The monoisotopic (exact) mass is 602 g/mol. The van der Waals surface area contributed by atoms with Gasteiger partial charge in [0.1, 0.15) is 10.7 Å². The van der Waals surface area contributed by atoms with Crippen LogP contribution in [0.15, 0.2) is 35.7 Å². The van der Waals surface area contributed by atoms with Gasteiger partial charge >= 0.3 is 11.9 Å². The van der Waals surface area contributed by atoms with Crippen molar-refractivity contribution in [1.29, 1.82) is 0 Å². The van der Waals surface area contributed by atoms with Gasteiger partial charge in [0, 0.05) is 37.9 Å². The Morgan fingerprint density at radius 1 is 1.10 bits per heavy atom. The average Bonchev–Trinajstić information content (AvgIpc) is 3.44. The Morgan fingerprint density at radius 3 is 2.29 bits per heavy atom. The van der Waals surface area contributed by atoms with Crippen molar-refractivity contribution in [2.24, 2.45) is 23.5 Å². The van der Waals surface area contributed by atoms with E-state index in [-0.39, 0.29) is 42.3 Å². The number of aliphatic carboxylic acids is 1. The molecular weight excluding hydrogens is 556 g/mol. The maximum absolute atomic E-state index is 13.3. The molecule has 0 fully saturated rings. The van der Waals surface area contributed by atoms with Gasteiger partial charge in [-0.3, -0.25) is 19.2 Å². The van der Waals surface area contributed by atoms with Crippen LogP contribution in [0.2, 0.25) is 0 Å². The number of carbonyl (C=O) groups excluding carboxylic acids is 3. The van der Waals surface area contributed by atoms with Gasteiger partial charge in [-0.2, -0.15) is 0 Å². The van der Waals surface area contributed by atoms with Crippen molar-refractivity contribution < 1.29 is 29.0 Å². The van der Waals surface area contributed by atoms with Crippen molar-refractivity contribution in [3.8, 4) is 0 Å². The number of benzene rings is 1. The number of amides is 2. The summed E-state index contributed by atoms with van der Waals surface area (Å²) in [4.78, 5) is 56.2. The van der Waals surface area contributed by atoms with Gasteiger partial charge in [0.15, 0.2) is 6.10 Å². The number of rotatable bonds is 16. The summed E-state index contributed by atoms with van der Waals surface area (Å²) in [6, 6.07) is 8.16. The van der Waals surface area contributed by atoms with Gasteiger partial charge in [-0.15, -0.1) is 11.3 Å². The Morgan fingerprint density at radius 2 is 1.74 bits per heavy atom. The van der Waals surface area contributed by atoms with Crippen LogP contribution in [0.4, 0.5) is 0 Å². The Bertz CT molecular complexity index is 1190. The number of carboxylic acids is 1. The molecule has 0 unspecified atom stereocenters. The molecule has 0 spiro atoms. The van der Waals surface area contributed by atoms with Gasteiger partial charge in [0.05, 0.1) is 12.0 Å². The largest absolute Gasteiger partial charge is 0.481 e. The zero-order valence-electron chi connectivity index (χ0n) is 25.7. The Hall–Kier alpha value is -3.31. The molecule has 0 saturated carbocycles. The third-order valence-corrected chi connectivity index (χ3v) is 8.61. The fraction of sp³-hybridized carbons (Fsp3) is 0.581. The molecule has 42 heavy (non-hydrogen) atoms. The lowest BCUT2D eigenvalue weighted by molar-refractivity contribution is -0.148. The first-order valence-corrected chi connectivity index (χ1v) is 15.3. The molecular formula is C31H46N4O6S. The van der Waals surface area contributed by atoms with Gasteiger partial charge in [0.25, 0.3) is 5.91 Å². The molecule has 2 amide bonds. The predicted octanol–water partition coefficient (Wildman–Crippen LogP) is 4.45. The molecule has 2 aromatic rings. The quantitative estimate of drug-likeness (QED) is 0.239. The number of hydrogen-bond acceptors (Lipinski definition) is 8. The third kappa shape index (κ3) is 10.2. The van der Waals surface area contributed by atoms with Crippen LogP contribution < -0.4 is 11.1 Å². The second-order valence-corrected chi connectivity index (χ2v) is 12.3. The lowest BCUT2D eigenvalue weighted by Crippen LogP contribution is -2.51. The molecule has 1 heterocycles. The van der Waals surface area contributed by atoms with Crippen molar-refractivity contribution in [2.75, 3.05) is 7.05 Å². The minimum absolute atomic E-state index is 0.0151. The van der Waals surface area contributed by atoms with Gasteiger partial charge in [-0.05, 0) is 30.2 Å². The molecule has 0 bridgehead atoms. The third-order valence-electron chi connectivity index (χ3n) is 7.67. The summed E-state index contributed by atoms with van der Waals surface area (Å²) in [5.74, 6) is -2.66. The van der Waals surface area contributed by atoms with E-state index < -0.39 is 42.0 Å². The topological polar surface area (TPSA) is 152 Å². The van der Waals surface area contributed by atoms with Gasteiger partial charge < -0.3 is 25.8 Å². The highest BCUT2D eigenvalue weighted by Crippen LogP contribution is 2.31. The molecule has 1 aromatic heterocycles.